The average molecular weight is 460 g/mol. The lowest BCUT2D eigenvalue weighted by atomic mass is 10.2. The van der Waals surface area contributed by atoms with Crippen LogP contribution in [0, 0.1) is 0 Å². The molecule has 0 fully saturated rings. The maximum atomic E-state index is 12.7. The predicted octanol–water partition coefficient (Wildman–Crippen LogP) is 2.78. The van der Waals surface area contributed by atoms with Crippen molar-refractivity contribution in [2.75, 3.05) is 27.8 Å². The number of ether oxygens (including phenoxy) is 2. The highest BCUT2D eigenvalue weighted by Gasteiger charge is 2.24. The van der Waals surface area contributed by atoms with Gasteiger partial charge in [-0.15, -0.1) is 0 Å². The van der Waals surface area contributed by atoms with Crippen molar-refractivity contribution in [1.82, 2.24) is 9.73 Å². The van der Waals surface area contributed by atoms with E-state index in [4.69, 9.17) is 32.7 Å². The first-order chi connectivity index (χ1) is 13.7. The first-order valence-electron chi connectivity index (χ1n) is 8.14. The quantitative estimate of drug-likeness (QED) is 0.483. The molecular formula is C18H19Cl2N3O5S. The highest BCUT2D eigenvalue weighted by atomic mass is 35.5. The minimum absolute atomic E-state index is 0.0399. The molecule has 29 heavy (non-hydrogen) atoms. The van der Waals surface area contributed by atoms with E-state index in [1.807, 2.05) is 0 Å². The van der Waals surface area contributed by atoms with Crippen LogP contribution in [0.3, 0.4) is 0 Å². The lowest BCUT2D eigenvalue weighted by Gasteiger charge is -2.17. The summed E-state index contributed by atoms with van der Waals surface area (Å²) >= 11 is 11.8. The summed E-state index contributed by atoms with van der Waals surface area (Å²) in [5.74, 6) is 0.0239. The first-order valence-corrected chi connectivity index (χ1v) is 10.3. The lowest BCUT2D eigenvalue weighted by molar-refractivity contribution is -0.121. The number of sulfonamides is 1. The molecule has 0 unspecified atom stereocenters. The Kier molecular flexibility index (Phi) is 7.86. The van der Waals surface area contributed by atoms with Gasteiger partial charge in [-0.1, -0.05) is 29.3 Å². The smallest absolute Gasteiger partial charge is 0.255 e. The van der Waals surface area contributed by atoms with Gasteiger partial charge in [-0.25, -0.2) is 13.8 Å². The van der Waals surface area contributed by atoms with Gasteiger partial charge in [0, 0.05) is 23.7 Å². The predicted molar refractivity (Wildman–Crippen MR) is 112 cm³/mol. The molecule has 2 rings (SSSR count). The van der Waals surface area contributed by atoms with Crippen molar-refractivity contribution in [3.05, 3.63) is 52.0 Å². The Labute approximate surface area is 179 Å². The molecule has 0 aliphatic rings. The molecule has 156 valence electrons. The minimum atomic E-state index is -3.93. The molecule has 0 heterocycles. The van der Waals surface area contributed by atoms with Crippen molar-refractivity contribution in [3.63, 3.8) is 0 Å². The molecule has 0 aliphatic heterocycles. The number of benzene rings is 2. The maximum absolute atomic E-state index is 12.7. The van der Waals surface area contributed by atoms with Gasteiger partial charge in [0.25, 0.3) is 5.91 Å². The van der Waals surface area contributed by atoms with Crippen molar-refractivity contribution in [3.8, 4) is 11.5 Å². The number of amides is 1. The zero-order valence-electron chi connectivity index (χ0n) is 15.8. The Balaban J connectivity index is 2.05. The second-order valence-electron chi connectivity index (χ2n) is 5.74. The Morgan fingerprint density at radius 2 is 1.83 bits per heavy atom. The third kappa shape index (κ3) is 5.83. The van der Waals surface area contributed by atoms with Crippen LogP contribution in [-0.4, -0.2) is 52.7 Å². The number of nitrogens with one attached hydrogen (secondary N) is 1. The van der Waals surface area contributed by atoms with E-state index in [1.54, 1.807) is 12.1 Å². The van der Waals surface area contributed by atoms with Crippen molar-refractivity contribution < 1.29 is 22.7 Å². The Morgan fingerprint density at radius 1 is 1.14 bits per heavy atom. The fourth-order valence-corrected chi connectivity index (χ4v) is 3.86. The van der Waals surface area contributed by atoms with E-state index in [9.17, 15) is 13.2 Å². The van der Waals surface area contributed by atoms with Gasteiger partial charge in [0.05, 0.1) is 36.9 Å². The second kappa shape index (κ2) is 9.93. The molecule has 1 amide bonds. The van der Waals surface area contributed by atoms with Crippen LogP contribution in [0.15, 0.2) is 46.4 Å². The Hall–Kier alpha value is -2.33. The number of halogens is 2. The fourth-order valence-electron chi connectivity index (χ4n) is 2.26. The molecule has 8 nitrogen and oxygen atoms in total. The summed E-state index contributed by atoms with van der Waals surface area (Å²) in [4.78, 5) is 12.0. The monoisotopic (exact) mass is 459 g/mol. The van der Waals surface area contributed by atoms with Crippen LogP contribution in [0.5, 0.6) is 11.5 Å². The molecule has 0 aromatic heterocycles. The van der Waals surface area contributed by atoms with Crippen molar-refractivity contribution in [2.45, 2.75) is 4.90 Å². The van der Waals surface area contributed by atoms with Crippen LogP contribution in [0.2, 0.25) is 10.0 Å². The number of likely N-dealkylation sites (N-methyl/N-ethyl adjacent to an activating group) is 1. The number of nitrogens with zero attached hydrogens (tertiary/aromatic N) is 2. The maximum Gasteiger partial charge on any atom is 0.255 e. The largest absolute Gasteiger partial charge is 0.493 e. The second-order valence-corrected chi connectivity index (χ2v) is 8.63. The van der Waals surface area contributed by atoms with Gasteiger partial charge in [-0.05, 0) is 24.3 Å². The van der Waals surface area contributed by atoms with Gasteiger partial charge >= 0.3 is 0 Å². The highest BCUT2D eigenvalue weighted by Crippen LogP contribution is 2.30. The SMILES string of the molecule is COc1ccc(S(=O)(=O)N(C)CC(=O)N/N=C\c2ccc(Cl)cc2Cl)cc1OC. The number of rotatable bonds is 8. The summed E-state index contributed by atoms with van der Waals surface area (Å²) in [7, 11) is 0.196. The van der Waals surface area contributed by atoms with Gasteiger partial charge in [0.2, 0.25) is 10.0 Å². The van der Waals surface area contributed by atoms with Gasteiger partial charge < -0.3 is 9.47 Å². The van der Waals surface area contributed by atoms with Gasteiger partial charge in [-0.3, -0.25) is 4.79 Å². The van der Waals surface area contributed by atoms with Crippen LogP contribution in [0.4, 0.5) is 0 Å². The van der Waals surface area contributed by atoms with Crippen molar-refractivity contribution >= 4 is 45.3 Å². The fraction of sp³-hybridized carbons (Fsp3) is 0.222. The van der Waals surface area contributed by atoms with Gasteiger partial charge in [0.15, 0.2) is 11.5 Å². The number of hydrogen-bond donors (Lipinski definition) is 1. The molecule has 0 aliphatic carbocycles. The van der Waals surface area contributed by atoms with Gasteiger partial charge in [0.1, 0.15) is 0 Å². The van der Waals surface area contributed by atoms with E-state index >= 15 is 0 Å². The molecule has 2 aromatic rings. The van der Waals surface area contributed by atoms with Crippen LogP contribution in [-0.2, 0) is 14.8 Å². The molecule has 11 heteroatoms. The van der Waals surface area contributed by atoms with E-state index in [2.05, 4.69) is 10.5 Å². The third-order valence-electron chi connectivity index (χ3n) is 3.78. The molecule has 1 N–H and O–H groups in total. The average Bonchev–Trinajstić information content (AvgIpc) is 2.68. The topological polar surface area (TPSA) is 97.3 Å². The molecule has 0 bridgehead atoms. The van der Waals surface area contributed by atoms with E-state index < -0.39 is 22.5 Å². The summed E-state index contributed by atoms with van der Waals surface area (Å²) in [5, 5.41) is 4.61. The first kappa shape index (κ1) is 23.0. The number of methoxy groups -OCH3 is 2. The Bertz CT molecular complexity index is 1030. The molecule has 0 spiro atoms. The zero-order valence-corrected chi connectivity index (χ0v) is 18.2. The summed E-state index contributed by atoms with van der Waals surface area (Å²) < 4.78 is 36.5. The summed E-state index contributed by atoms with van der Waals surface area (Å²) in [6.07, 6.45) is 1.33. The number of hydrazone groups is 1. The minimum Gasteiger partial charge on any atom is -0.493 e. The van der Waals surface area contributed by atoms with Crippen molar-refractivity contribution in [1.29, 1.82) is 0 Å². The molecular weight excluding hydrogens is 441 g/mol. The summed E-state index contributed by atoms with van der Waals surface area (Å²) in [6, 6.07) is 8.96. The van der Waals surface area contributed by atoms with Crippen LogP contribution < -0.4 is 14.9 Å². The van der Waals surface area contributed by atoms with E-state index in [0.717, 1.165) is 4.31 Å². The summed E-state index contributed by atoms with van der Waals surface area (Å²) in [6.45, 7) is -0.442. The van der Waals surface area contributed by atoms with Crippen LogP contribution in [0.25, 0.3) is 0 Å². The summed E-state index contributed by atoms with van der Waals surface area (Å²) in [5.41, 5.74) is 2.80. The molecule has 0 saturated carbocycles. The molecule has 0 saturated heterocycles. The lowest BCUT2D eigenvalue weighted by Crippen LogP contribution is -2.36. The van der Waals surface area contributed by atoms with E-state index in [1.165, 1.54) is 51.7 Å². The number of carbonyl (C=O) groups excluding carboxylic acids is 1. The van der Waals surface area contributed by atoms with Crippen molar-refractivity contribution in [2.24, 2.45) is 5.10 Å². The number of hydrogen-bond acceptors (Lipinski definition) is 6. The zero-order chi connectivity index (χ0) is 21.6. The van der Waals surface area contributed by atoms with Gasteiger partial charge in [-0.2, -0.15) is 9.41 Å². The normalized spacial score (nSPS) is 11.7. The van der Waals surface area contributed by atoms with Crippen LogP contribution >= 0.6 is 23.2 Å². The van der Waals surface area contributed by atoms with Crippen LogP contribution in [0.1, 0.15) is 5.56 Å². The highest BCUT2D eigenvalue weighted by molar-refractivity contribution is 7.89. The standard InChI is InChI=1S/C18H19Cl2N3O5S/c1-23(29(25,26)14-6-7-16(27-2)17(9-14)28-3)11-18(24)22-21-10-12-4-5-13(19)8-15(12)20/h4-10H,11H2,1-3H3,(H,22,24)/b21-10-. The molecule has 0 atom stereocenters. The van der Waals surface area contributed by atoms with E-state index in [-0.39, 0.29) is 10.6 Å². The molecule has 0 radical (unpaired) electrons. The molecule has 2 aromatic carbocycles. The number of carbonyl (C=O) groups is 1. The van der Waals surface area contributed by atoms with E-state index in [0.29, 0.717) is 21.4 Å². The Morgan fingerprint density at radius 3 is 2.45 bits per heavy atom. The third-order valence-corrected chi connectivity index (χ3v) is 6.15.